The molecule has 0 saturated heterocycles. The van der Waals surface area contributed by atoms with E-state index in [2.05, 4.69) is 10.3 Å². The molecule has 0 atom stereocenters. The average Bonchev–Trinajstić information content (AvgIpc) is 2.97. The number of amides is 1. The zero-order valence-electron chi connectivity index (χ0n) is 11.9. The van der Waals surface area contributed by atoms with Gasteiger partial charge < -0.3 is 5.32 Å². The lowest BCUT2D eigenvalue weighted by molar-refractivity contribution is -0.116. The summed E-state index contributed by atoms with van der Waals surface area (Å²) in [5, 5.41) is 14.5. The molecule has 2 heterocycles. The topological polar surface area (TPSA) is 87.8 Å². The molecule has 0 radical (unpaired) electrons. The van der Waals surface area contributed by atoms with Crippen molar-refractivity contribution in [3.63, 3.8) is 0 Å². The first-order chi connectivity index (χ1) is 11.5. The molecule has 0 bridgehead atoms. The maximum Gasteiger partial charge on any atom is 0.261 e. The zero-order valence-corrected chi connectivity index (χ0v) is 14.2. The van der Waals surface area contributed by atoms with Gasteiger partial charge in [0.25, 0.3) is 5.56 Å². The van der Waals surface area contributed by atoms with Crippen molar-refractivity contribution in [2.24, 2.45) is 0 Å². The number of anilines is 1. The number of halogens is 2. The molecule has 120 valence electrons. The third-order valence-corrected chi connectivity index (χ3v) is 4.53. The van der Waals surface area contributed by atoms with Crippen molar-refractivity contribution in [2.75, 3.05) is 5.32 Å². The number of carbonyl (C=O) groups is 1. The van der Waals surface area contributed by atoms with Gasteiger partial charge in [-0.3, -0.25) is 14.2 Å². The molecule has 3 rings (SSSR count). The highest BCUT2D eigenvalue weighted by Gasteiger charge is 2.13. The number of aromatic nitrogens is 2. The van der Waals surface area contributed by atoms with Crippen molar-refractivity contribution in [3.05, 3.63) is 55.9 Å². The summed E-state index contributed by atoms with van der Waals surface area (Å²) in [6.45, 7) is -0.241. The van der Waals surface area contributed by atoms with E-state index in [9.17, 15) is 9.59 Å². The van der Waals surface area contributed by atoms with E-state index < -0.39 is 11.5 Å². The van der Waals surface area contributed by atoms with E-state index in [0.717, 1.165) is 4.57 Å². The Balaban J connectivity index is 1.91. The molecular weight excluding hydrogens is 371 g/mol. The van der Waals surface area contributed by atoms with Crippen molar-refractivity contribution in [1.29, 1.82) is 5.26 Å². The van der Waals surface area contributed by atoms with Crippen LogP contribution in [0.4, 0.5) is 5.00 Å². The Morgan fingerprint density at radius 2 is 2.21 bits per heavy atom. The van der Waals surface area contributed by atoms with Crippen molar-refractivity contribution in [3.8, 4) is 6.07 Å². The quantitative estimate of drug-likeness (QED) is 0.757. The number of nitrogens with zero attached hydrogens (tertiary/aromatic N) is 3. The van der Waals surface area contributed by atoms with Crippen molar-refractivity contribution < 1.29 is 4.79 Å². The summed E-state index contributed by atoms with van der Waals surface area (Å²) in [5.74, 6) is -0.440. The highest BCUT2D eigenvalue weighted by atomic mass is 35.5. The van der Waals surface area contributed by atoms with Crippen LogP contribution in [0.5, 0.6) is 0 Å². The van der Waals surface area contributed by atoms with Gasteiger partial charge in [0.15, 0.2) is 0 Å². The Kier molecular flexibility index (Phi) is 4.53. The molecule has 0 fully saturated rings. The predicted octanol–water partition coefficient (Wildman–Crippen LogP) is 3.28. The highest BCUT2D eigenvalue weighted by Crippen LogP contribution is 2.24. The minimum absolute atomic E-state index is 0.233. The standard InChI is InChI=1S/C15H8Cl2N4O2S/c16-9-3-10-13(11(17)4-9)19-7-21(15(10)23)6-12(22)20-14-8(5-18)1-2-24-14/h1-4,7H,6H2,(H,20,22). The maximum absolute atomic E-state index is 12.5. The van der Waals surface area contributed by atoms with Crippen molar-refractivity contribution in [2.45, 2.75) is 6.54 Å². The van der Waals surface area contributed by atoms with Gasteiger partial charge in [-0.1, -0.05) is 23.2 Å². The molecule has 1 aromatic carbocycles. The number of carbonyl (C=O) groups excluding carboxylic acids is 1. The van der Waals surface area contributed by atoms with Gasteiger partial charge in [-0.2, -0.15) is 5.26 Å². The number of rotatable bonds is 3. The minimum atomic E-state index is -0.440. The summed E-state index contributed by atoms with van der Waals surface area (Å²) in [6.07, 6.45) is 1.25. The summed E-state index contributed by atoms with van der Waals surface area (Å²) < 4.78 is 1.16. The Morgan fingerprint density at radius 1 is 1.42 bits per heavy atom. The molecule has 0 saturated carbocycles. The van der Waals surface area contributed by atoms with Gasteiger partial charge in [-0.05, 0) is 23.6 Å². The van der Waals surface area contributed by atoms with Crippen LogP contribution in [-0.2, 0) is 11.3 Å². The van der Waals surface area contributed by atoms with Crippen LogP contribution < -0.4 is 10.9 Å². The molecule has 0 aliphatic heterocycles. The molecule has 0 unspecified atom stereocenters. The lowest BCUT2D eigenvalue weighted by atomic mass is 10.2. The Morgan fingerprint density at radius 3 is 2.96 bits per heavy atom. The second kappa shape index (κ2) is 6.61. The Bertz CT molecular complexity index is 1050. The smallest absolute Gasteiger partial charge is 0.261 e. The van der Waals surface area contributed by atoms with Crippen LogP contribution in [0.3, 0.4) is 0 Å². The lowest BCUT2D eigenvalue weighted by Gasteiger charge is -2.08. The van der Waals surface area contributed by atoms with Crippen molar-refractivity contribution >= 4 is 56.3 Å². The first kappa shape index (κ1) is 16.5. The molecule has 0 spiro atoms. The van der Waals surface area contributed by atoms with E-state index in [4.69, 9.17) is 28.5 Å². The van der Waals surface area contributed by atoms with E-state index in [1.807, 2.05) is 6.07 Å². The fourth-order valence-corrected chi connectivity index (χ4v) is 3.42. The highest BCUT2D eigenvalue weighted by molar-refractivity contribution is 7.14. The fraction of sp³-hybridized carbons (Fsp3) is 0.0667. The number of hydrogen-bond donors (Lipinski definition) is 1. The van der Waals surface area contributed by atoms with Crippen LogP contribution in [-0.4, -0.2) is 15.5 Å². The molecule has 24 heavy (non-hydrogen) atoms. The number of nitriles is 1. The predicted molar refractivity (Wildman–Crippen MR) is 93.7 cm³/mol. The van der Waals surface area contributed by atoms with Gasteiger partial charge in [0.1, 0.15) is 17.6 Å². The van der Waals surface area contributed by atoms with E-state index in [-0.39, 0.29) is 17.0 Å². The van der Waals surface area contributed by atoms with Gasteiger partial charge in [0, 0.05) is 5.02 Å². The van der Waals surface area contributed by atoms with Gasteiger partial charge >= 0.3 is 0 Å². The molecule has 2 aromatic heterocycles. The number of fused-ring (bicyclic) bond motifs is 1. The maximum atomic E-state index is 12.5. The number of benzene rings is 1. The molecule has 1 amide bonds. The summed E-state index contributed by atoms with van der Waals surface area (Å²) in [4.78, 5) is 28.7. The number of thiophene rings is 1. The second-order valence-electron chi connectivity index (χ2n) is 4.78. The van der Waals surface area contributed by atoms with Crippen molar-refractivity contribution in [1.82, 2.24) is 9.55 Å². The van der Waals surface area contributed by atoms with Crippen LogP contribution in [0.1, 0.15) is 5.56 Å². The molecule has 1 N–H and O–H groups in total. The first-order valence-corrected chi connectivity index (χ1v) is 8.25. The van der Waals surface area contributed by atoms with E-state index in [1.165, 1.54) is 29.8 Å². The van der Waals surface area contributed by atoms with Gasteiger partial charge in [-0.15, -0.1) is 11.3 Å². The van der Waals surface area contributed by atoms with Crippen LogP contribution in [0.15, 0.2) is 34.7 Å². The molecule has 0 aliphatic rings. The van der Waals surface area contributed by atoms with Crippen LogP contribution in [0.25, 0.3) is 10.9 Å². The largest absolute Gasteiger partial charge is 0.315 e. The van der Waals surface area contributed by atoms with E-state index in [0.29, 0.717) is 21.1 Å². The molecule has 9 heteroatoms. The zero-order chi connectivity index (χ0) is 17.3. The van der Waals surface area contributed by atoms with Crippen LogP contribution in [0, 0.1) is 11.3 Å². The minimum Gasteiger partial charge on any atom is -0.315 e. The lowest BCUT2D eigenvalue weighted by Crippen LogP contribution is -2.27. The summed E-state index contributed by atoms with van der Waals surface area (Å²) in [5.41, 5.74) is 0.273. The summed E-state index contributed by atoms with van der Waals surface area (Å²) >= 11 is 13.2. The monoisotopic (exact) mass is 378 g/mol. The molecule has 0 aliphatic carbocycles. The van der Waals surface area contributed by atoms with E-state index >= 15 is 0 Å². The fourth-order valence-electron chi connectivity index (χ4n) is 2.12. The SMILES string of the molecule is N#Cc1ccsc1NC(=O)Cn1cnc2c(Cl)cc(Cl)cc2c1=O. The summed E-state index contributed by atoms with van der Waals surface area (Å²) in [6, 6.07) is 6.54. The third-order valence-electron chi connectivity index (χ3n) is 3.20. The first-order valence-electron chi connectivity index (χ1n) is 6.61. The normalized spacial score (nSPS) is 10.5. The van der Waals surface area contributed by atoms with E-state index in [1.54, 1.807) is 11.4 Å². The number of nitrogens with one attached hydrogen (secondary N) is 1. The van der Waals surface area contributed by atoms with Gasteiger partial charge in [-0.25, -0.2) is 4.98 Å². The molecular formula is C15H8Cl2N4O2S. The van der Waals surface area contributed by atoms with Gasteiger partial charge in [0.2, 0.25) is 5.91 Å². The molecule has 6 nitrogen and oxygen atoms in total. The Labute approximate surface area is 149 Å². The van der Waals surface area contributed by atoms with Crippen LogP contribution >= 0.6 is 34.5 Å². The third kappa shape index (κ3) is 3.12. The summed E-state index contributed by atoms with van der Waals surface area (Å²) in [7, 11) is 0. The average molecular weight is 379 g/mol. The molecule has 3 aromatic rings. The van der Waals surface area contributed by atoms with Gasteiger partial charge in [0.05, 0.1) is 27.8 Å². The number of hydrogen-bond acceptors (Lipinski definition) is 5. The second-order valence-corrected chi connectivity index (χ2v) is 6.54. The van der Waals surface area contributed by atoms with Crippen LogP contribution in [0.2, 0.25) is 10.0 Å². The Hall–Kier alpha value is -2.40.